The average molecular weight is 302 g/mol. The Hall–Kier alpha value is -2.30. The fourth-order valence-electron chi connectivity index (χ4n) is 2.71. The van der Waals surface area contributed by atoms with Gasteiger partial charge >= 0.3 is 0 Å². The molecule has 1 saturated heterocycles. The van der Waals surface area contributed by atoms with Crippen LogP contribution in [0.15, 0.2) is 47.1 Å². The number of benzene rings is 1. The van der Waals surface area contributed by atoms with Gasteiger partial charge in [-0.25, -0.2) is 4.39 Å². The predicted octanol–water partition coefficient (Wildman–Crippen LogP) is 2.70. The van der Waals surface area contributed by atoms with E-state index in [0.717, 1.165) is 24.5 Å². The zero-order chi connectivity index (χ0) is 15.4. The van der Waals surface area contributed by atoms with Crippen LogP contribution in [0, 0.1) is 5.82 Å². The Morgan fingerprint density at radius 3 is 2.45 bits per heavy atom. The molecule has 22 heavy (non-hydrogen) atoms. The van der Waals surface area contributed by atoms with Gasteiger partial charge in [-0.3, -0.25) is 4.79 Å². The molecular weight excluding hydrogens is 283 g/mol. The zero-order valence-electron chi connectivity index (χ0n) is 12.4. The van der Waals surface area contributed by atoms with Crippen LogP contribution in [0.25, 0.3) is 0 Å². The molecule has 2 heterocycles. The number of anilines is 1. The largest absolute Gasteiger partial charge is 0.469 e. The molecule has 3 rings (SSSR count). The monoisotopic (exact) mass is 302 g/mol. The smallest absolute Gasteiger partial charge is 0.223 e. The Kier molecular flexibility index (Phi) is 4.42. The number of amides is 1. The highest BCUT2D eigenvalue weighted by molar-refractivity contribution is 5.76. The van der Waals surface area contributed by atoms with Gasteiger partial charge in [0.05, 0.1) is 6.26 Å². The summed E-state index contributed by atoms with van der Waals surface area (Å²) in [5.41, 5.74) is 1.00. The molecule has 1 aliphatic rings. The van der Waals surface area contributed by atoms with E-state index in [-0.39, 0.29) is 11.7 Å². The van der Waals surface area contributed by atoms with Gasteiger partial charge in [-0.1, -0.05) is 0 Å². The van der Waals surface area contributed by atoms with Crippen LogP contribution >= 0.6 is 0 Å². The van der Waals surface area contributed by atoms with Crippen LogP contribution in [0.4, 0.5) is 10.1 Å². The summed E-state index contributed by atoms with van der Waals surface area (Å²) >= 11 is 0. The molecule has 1 aromatic heterocycles. The third-order valence-corrected chi connectivity index (χ3v) is 3.99. The minimum Gasteiger partial charge on any atom is -0.469 e. The van der Waals surface area contributed by atoms with E-state index in [1.807, 2.05) is 17.0 Å². The van der Waals surface area contributed by atoms with Crippen LogP contribution in [0.3, 0.4) is 0 Å². The molecule has 0 atom stereocenters. The first-order valence-electron chi connectivity index (χ1n) is 7.53. The van der Waals surface area contributed by atoms with Crippen LogP contribution in [-0.2, 0) is 11.2 Å². The van der Waals surface area contributed by atoms with Gasteiger partial charge in [-0.2, -0.15) is 0 Å². The van der Waals surface area contributed by atoms with E-state index in [2.05, 4.69) is 4.90 Å². The molecule has 1 amide bonds. The highest BCUT2D eigenvalue weighted by atomic mass is 19.1. The molecule has 0 N–H and O–H groups in total. The van der Waals surface area contributed by atoms with Gasteiger partial charge in [0.15, 0.2) is 0 Å². The van der Waals surface area contributed by atoms with Gasteiger partial charge in [0, 0.05) is 44.7 Å². The molecule has 2 aromatic rings. The molecule has 4 nitrogen and oxygen atoms in total. The molecule has 0 aliphatic carbocycles. The van der Waals surface area contributed by atoms with Crippen molar-refractivity contribution in [3.8, 4) is 0 Å². The van der Waals surface area contributed by atoms with Crippen LogP contribution < -0.4 is 4.90 Å². The van der Waals surface area contributed by atoms with E-state index < -0.39 is 0 Å². The number of piperazine rings is 1. The average Bonchev–Trinajstić information content (AvgIpc) is 3.07. The van der Waals surface area contributed by atoms with Crippen LogP contribution in [0.1, 0.15) is 12.2 Å². The number of carbonyl (C=O) groups excluding carboxylic acids is 1. The summed E-state index contributed by atoms with van der Waals surface area (Å²) in [6, 6.07) is 10.2. The summed E-state index contributed by atoms with van der Waals surface area (Å²) in [4.78, 5) is 16.3. The summed E-state index contributed by atoms with van der Waals surface area (Å²) in [6.07, 6.45) is 2.75. The molecule has 0 spiro atoms. The number of rotatable bonds is 4. The molecule has 0 saturated carbocycles. The first kappa shape index (κ1) is 14.6. The van der Waals surface area contributed by atoms with Crippen molar-refractivity contribution in [2.45, 2.75) is 12.8 Å². The quantitative estimate of drug-likeness (QED) is 0.871. The van der Waals surface area contributed by atoms with E-state index in [9.17, 15) is 9.18 Å². The number of furan rings is 1. The maximum atomic E-state index is 12.9. The molecule has 1 aliphatic heterocycles. The van der Waals surface area contributed by atoms with Crippen molar-refractivity contribution in [3.63, 3.8) is 0 Å². The lowest BCUT2D eigenvalue weighted by Crippen LogP contribution is -2.48. The maximum absolute atomic E-state index is 12.9. The second-order valence-electron chi connectivity index (χ2n) is 5.42. The zero-order valence-corrected chi connectivity index (χ0v) is 12.4. The van der Waals surface area contributed by atoms with Crippen molar-refractivity contribution in [3.05, 3.63) is 54.2 Å². The Labute approximate surface area is 129 Å². The number of aryl methyl sites for hydroxylation is 1. The van der Waals surface area contributed by atoms with Crippen LogP contribution in [0.2, 0.25) is 0 Å². The van der Waals surface area contributed by atoms with Crippen LogP contribution in [-0.4, -0.2) is 37.0 Å². The van der Waals surface area contributed by atoms with Gasteiger partial charge in [-0.15, -0.1) is 0 Å². The summed E-state index contributed by atoms with van der Waals surface area (Å²) in [7, 11) is 0. The Morgan fingerprint density at radius 2 is 1.82 bits per heavy atom. The number of hydrogen-bond donors (Lipinski definition) is 0. The molecule has 1 aromatic carbocycles. The molecule has 0 bridgehead atoms. The highest BCUT2D eigenvalue weighted by Crippen LogP contribution is 2.17. The van der Waals surface area contributed by atoms with E-state index >= 15 is 0 Å². The fourth-order valence-corrected chi connectivity index (χ4v) is 2.71. The Bertz CT molecular complexity index is 602. The highest BCUT2D eigenvalue weighted by Gasteiger charge is 2.21. The second kappa shape index (κ2) is 6.64. The number of halogens is 1. The summed E-state index contributed by atoms with van der Waals surface area (Å²) < 4.78 is 18.2. The summed E-state index contributed by atoms with van der Waals surface area (Å²) in [5.74, 6) is 0.781. The van der Waals surface area contributed by atoms with Crippen molar-refractivity contribution in [1.82, 2.24) is 4.90 Å². The van der Waals surface area contributed by atoms with Gasteiger partial charge in [0.2, 0.25) is 5.91 Å². The summed E-state index contributed by atoms with van der Waals surface area (Å²) in [5, 5.41) is 0. The lowest BCUT2D eigenvalue weighted by molar-refractivity contribution is -0.131. The molecule has 0 unspecified atom stereocenters. The minimum absolute atomic E-state index is 0.162. The molecule has 1 fully saturated rings. The second-order valence-corrected chi connectivity index (χ2v) is 5.42. The maximum Gasteiger partial charge on any atom is 0.223 e. The molecule has 0 radical (unpaired) electrons. The minimum atomic E-state index is -0.226. The number of hydrogen-bond acceptors (Lipinski definition) is 3. The van der Waals surface area contributed by atoms with E-state index in [1.54, 1.807) is 18.4 Å². The Balaban J connectivity index is 1.48. The van der Waals surface area contributed by atoms with Crippen molar-refractivity contribution >= 4 is 11.6 Å². The Morgan fingerprint density at radius 1 is 1.09 bits per heavy atom. The van der Waals surface area contributed by atoms with Crippen molar-refractivity contribution < 1.29 is 13.6 Å². The van der Waals surface area contributed by atoms with Crippen molar-refractivity contribution in [2.75, 3.05) is 31.1 Å². The predicted molar refractivity (Wildman–Crippen MR) is 82.2 cm³/mol. The number of carbonyl (C=O) groups is 1. The van der Waals surface area contributed by atoms with Crippen molar-refractivity contribution in [1.29, 1.82) is 0 Å². The molecule has 116 valence electrons. The van der Waals surface area contributed by atoms with Crippen molar-refractivity contribution in [2.24, 2.45) is 0 Å². The first-order valence-corrected chi connectivity index (χ1v) is 7.53. The first-order chi connectivity index (χ1) is 10.7. The van der Waals surface area contributed by atoms with Gasteiger partial charge in [0.1, 0.15) is 11.6 Å². The van der Waals surface area contributed by atoms with E-state index in [0.29, 0.717) is 25.9 Å². The summed E-state index contributed by atoms with van der Waals surface area (Å²) in [6.45, 7) is 2.96. The normalized spacial score (nSPS) is 15.1. The topological polar surface area (TPSA) is 36.7 Å². The van der Waals surface area contributed by atoms with Gasteiger partial charge in [-0.05, 0) is 36.4 Å². The molecular formula is C17H19FN2O2. The third kappa shape index (κ3) is 3.47. The number of nitrogens with zero attached hydrogens (tertiary/aromatic N) is 2. The standard InChI is InChI=1S/C17H19FN2O2/c18-14-3-5-15(6-4-14)19-9-11-20(12-10-19)17(21)8-7-16-2-1-13-22-16/h1-6,13H,7-12H2. The van der Waals surface area contributed by atoms with Crippen LogP contribution in [0.5, 0.6) is 0 Å². The lowest BCUT2D eigenvalue weighted by atomic mass is 10.2. The van der Waals surface area contributed by atoms with Gasteiger partial charge < -0.3 is 14.2 Å². The molecule has 5 heteroatoms. The third-order valence-electron chi connectivity index (χ3n) is 3.99. The SMILES string of the molecule is O=C(CCc1ccco1)N1CCN(c2ccc(F)cc2)CC1. The van der Waals surface area contributed by atoms with E-state index in [1.165, 1.54) is 12.1 Å². The lowest BCUT2D eigenvalue weighted by Gasteiger charge is -2.36. The fraction of sp³-hybridized carbons (Fsp3) is 0.353. The van der Waals surface area contributed by atoms with Gasteiger partial charge in [0.25, 0.3) is 0 Å². The van der Waals surface area contributed by atoms with E-state index in [4.69, 9.17) is 4.42 Å².